The Morgan fingerprint density at radius 2 is 2.05 bits per heavy atom. The number of likely N-dealkylation sites (N-methyl/N-ethyl adjacent to an activating group) is 1. The minimum atomic E-state index is 0.0346. The van der Waals surface area contributed by atoms with Gasteiger partial charge in [-0.15, -0.1) is 0 Å². The predicted octanol–water partition coefficient (Wildman–Crippen LogP) is 1.65. The number of amides is 1. The van der Waals surface area contributed by atoms with Gasteiger partial charge >= 0.3 is 0 Å². The van der Waals surface area contributed by atoms with Crippen molar-refractivity contribution in [2.75, 3.05) is 40.8 Å². The summed E-state index contributed by atoms with van der Waals surface area (Å²) < 4.78 is 5.92. The van der Waals surface area contributed by atoms with Gasteiger partial charge in [-0.2, -0.15) is 0 Å². The molecule has 4 heteroatoms. The average Bonchev–Trinajstić information content (AvgIpc) is 2.47. The molecule has 1 saturated heterocycles. The maximum Gasteiger partial charge on any atom is 0.248 e. The van der Waals surface area contributed by atoms with Crippen molar-refractivity contribution in [3.8, 4) is 0 Å². The molecule has 2 rings (SSSR count). The fraction of sp³-hybridized carbons (Fsp3) is 0.588. The van der Waals surface area contributed by atoms with Gasteiger partial charge in [0.25, 0.3) is 0 Å². The van der Waals surface area contributed by atoms with Gasteiger partial charge in [-0.05, 0) is 25.5 Å². The number of carbonyl (C=O) groups excluding carboxylic acids is 1. The van der Waals surface area contributed by atoms with Crippen LogP contribution in [0, 0.1) is 5.92 Å². The van der Waals surface area contributed by atoms with E-state index in [-0.39, 0.29) is 18.6 Å². The number of hydrogen-bond donors (Lipinski definition) is 0. The average molecular weight is 290 g/mol. The first-order valence-corrected chi connectivity index (χ1v) is 7.60. The number of likely N-dealkylation sites (tertiary alicyclic amines) is 1. The minimum absolute atomic E-state index is 0.0346. The summed E-state index contributed by atoms with van der Waals surface area (Å²) in [6.07, 6.45) is 2.17. The van der Waals surface area contributed by atoms with E-state index in [1.54, 1.807) is 19.0 Å². The van der Waals surface area contributed by atoms with E-state index in [4.69, 9.17) is 4.74 Å². The normalized spacial score (nSPS) is 23.0. The van der Waals surface area contributed by atoms with E-state index in [2.05, 4.69) is 36.2 Å². The van der Waals surface area contributed by atoms with Crippen LogP contribution in [0.3, 0.4) is 0 Å². The summed E-state index contributed by atoms with van der Waals surface area (Å²) in [4.78, 5) is 15.6. The molecule has 0 unspecified atom stereocenters. The molecule has 4 nitrogen and oxygen atoms in total. The van der Waals surface area contributed by atoms with E-state index in [9.17, 15) is 4.79 Å². The standard InChI is InChI=1S/C17H26N2O2/c1-18(2)17(20)13-21-16-9-10-19(3)12-15(16)11-14-7-5-4-6-8-14/h4-8,15-16H,9-13H2,1-3H3/t15-,16+/m0/s1. The third-order valence-corrected chi connectivity index (χ3v) is 4.13. The van der Waals surface area contributed by atoms with Crippen LogP contribution in [0.4, 0.5) is 0 Å². The first kappa shape index (κ1) is 16.0. The molecule has 0 aliphatic carbocycles. The smallest absolute Gasteiger partial charge is 0.248 e. The van der Waals surface area contributed by atoms with E-state index in [0.29, 0.717) is 5.92 Å². The fourth-order valence-electron chi connectivity index (χ4n) is 2.83. The summed E-state index contributed by atoms with van der Waals surface area (Å²) in [5, 5.41) is 0. The van der Waals surface area contributed by atoms with Gasteiger partial charge in [0, 0.05) is 33.1 Å². The molecular weight excluding hydrogens is 264 g/mol. The zero-order valence-corrected chi connectivity index (χ0v) is 13.3. The fourth-order valence-corrected chi connectivity index (χ4v) is 2.83. The summed E-state index contributed by atoms with van der Waals surface area (Å²) >= 11 is 0. The van der Waals surface area contributed by atoms with E-state index in [1.165, 1.54) is 5.56 Å². The molecule has 1 aromatic carbocycles. The molecule has 1 heterocycles. The topological polar surface area (TPSA) is 32.8 Å². The van der Waals surface area contributed by atoms with Gasteiger partial charge in [-0.25, -0.2) is 0 Å². The quantitative estimate of drug-likeness (QED) is 0.827. The van der Waals surface area contributed by atoms with Crippen LogP contribution < -0.4 is 0 Å². The molecule has 0 N–H and O–H groups in total. The van der Waals surface area contributed by atoms with Crippen LogP contribution in [-0.2, 0) is 16.0 Å². The molecule has 0 spiro atoms. The Kier molecular flexibility index (Phi) is 5.76. The minimum Gasteiger partial charge on any atom is -0.368 e. The van der Waals surface area contributed by atoms with Crippen molar-refractivity contribution in [2.45, 2.75) is 18.9 Å². The summed E-state index contributed by atoms with van der Waals surface area (Å²) in [6, 6.07) is 10.5. The number of carbonyl (C=O) groups is 1. The Morgan fingerprint density at radius 3 is 2.71 bits per heavy atom. The molecule has 1 aliphatic heterocycles. The lowest BCUT2D eigenvalue weighted by atomic mass is 9.89. The lowest BCUT2D eigenvalue weighted by Gasteiger charge is -2.36. The van der Waals surface area contributed by atoms with Crippen molar-refractivity contribution in [1.82, 2.24) is 9.80 Å². The molecule has 1 fully saturated rings. The van der Waals surface area contributed by atoms with Crippen LogP contribution >= 0.6 is 0 Å². The van der Waals surface area contributed by atoms with E-state index >= 15 is 0 Å². The molecule has 2 atom stereocenters. The van der Waals surface area contributed by atoms with Crippen LogP contribution in [0.15, 0.2) is 30.3 Å². The SMILES string of the molecule is CN1CC[C@@H](OCC(=O)N(C)C)[C@@H](Cc2ccccc2)C1. The van der Waals surface area contributed by atoms with Crippen molar-refractivity contribution < 1.29 is 9.53 Å². The lowest BCUT2D eigenvalue weighted by Crippen LogP contribution is -2.44. The van der Waals surface area contributed by atoms with E-state index < -0.39 is 0 Å². The van der Waals surface area contributed by atoms with Crippen LogP contribution in [0.5, 0.6) is 0 Å². The summed E-state index contributed by atoms with van der Waals surface area (Å²) in [7, 11) is 5.68. The Labute approximate surface area is 127 Å². The van der Waals surface area contributed by atoms with Crippen molar-refractivity contribution in [3.63, 3.8) is 0 Å². The Morgan fingerprint density at radius 1 is 1.33 bits per heavy atom. The van der Waals surface area contributed by atoms with Gasteiger partial charge < -0.3 is 14.5 Å². The highest BCUT2D eigenvalue weighted by atomic mass is 16.5. The van der Waals surface area contributed by atoms with Crippen LogP contribution in [-0.4, -0.2) is 62.7 Å². The van der Waals surface area contributed by atoms with Gasteiger partial charge in [-0.1, -0.05) is 30.3 Å². The zero-order chi connectivity index (χ0) is 15.2. The van der Waals surface area contributed by atoms with Gasteiger partial charge in [-0.3, -0.25) is 4.79 Å². The second-order valence-corrected chi connectivity index (χ2v) is 6.14. The number of piperidine rings is 1. The highest BCUT2D eigenvalue weighted by molar-refractivity contribution is 5.76. The highest BCUT2D eigenvalue weighted by Gasteiger charge is 2.29. The van der Waals surface area contributed by atoms with Gasteiger partial charge in [0.15, 0.2) is 0 Å². The van der Waals surface area contributed by atoms with Crippen molar-refractivity contribution in [1.29, 1.82) is 0 Å². The van der Waals surface area contributed by atoms with Gasteiger partial charge in [0.1, 0.15) is 6.61 Å². The van der Waals surface area contributed by atoms with Gasteiger partial charge in [0.05, 0.1) is 6.10 Å². The number of benzene rings is 1. The summed E-state index contributed by atoms with van der Waals surface area (Å²) in [6.45, 7) is 2.24. The molecule has 0 saturated carbocycles. The largest absolute Gasteiger partial charge is 0.368 e. The maximum atomic E-state index is 11.7. The molecule has 1 aromatic rings. The first-order chi connectivity index (χ1) is 10.1. The maximum absolute atomic E-state index is 11.7. The molecular formula is C17H26N2O2. The second-order valence-electron chi connectivity index (χ2n) is 6.14. The first-order valence-electron chi connectivity index (χ1n) is 7.60. The number of hydrogen-bond acceptors (Lipinski definition) is 3. The third kappa shape index (κ3) is 4.83. The molecule has 0 aromatic heterocycles. The second kappa shape index (κ2) is 7.57. The van der Waals surface area contributed by atoms with Crippen LogP contribution in [0.2, 0.25) is 0 Å². The van der Waals surface area contributed by atoms with Crippen molar-refractivity contribution >= 4 is 5.91 Å². The zero-order valence-electron chi connectivity index (χ0n) is 13.3. The molecule has 21 heavy (non-hydrogen) atoms. The molecule has 0 bridgehead atoms. The summed E-state index contributed by atoms with van der Waals surface area (Å²) in [5.74, 6) is 0.480. The van der Waals surface area contributed by atoms with Crippen molar-refractivity contribution in [2.24, 2.45) is 5.92 Å². The molecule has 116 valence electrons. The Hall–Kier alpha value is -1.39. The third-order valence-electron chi connectivity index (χ3n) is 4.13. The monoisotopic (exact) mass is 290 g/mol. The van der Waals surface area contributed by atoms with Gasteiger partial charge in [0.2, 0.25) is 5.91 Å². The van der Waals surface area contributed by atoms with E-state index in [1.807, 2.05) is 6.07 Å². The van der Waals surface area contributed by atoms with Crippen molar-refractivity contribution in [3.05, 3.63) is 35.9 Å². The number of rotatable bonds is 5. The molecule has 0 radical (unpaired) electrons. The molecule has 1 aliphatic rings. The Bertz CT molecular complexity index is 447. The van der Waals surface area contributed by atoms with Crippen LogP contribution in [0.1, 0.15) is 12.0 Å². The number of nitrogens with zero attached hydrogens (tertiary/aromatic N) is 2. The lowest BCUT2D eigenvalue weighted by molar-refractivity contribution is -0.138. The van der Waals surface area contributed by atoms with E-state index in [0.717, 1.165) is 25.9 Å². The van der Waals surface area contributed by atoms with Crippen LogP contribution in [0.25, 0.3) is 0 Å². The highest BCUT2D eigenvalue weighted by Crippen LogP contribution is 2.23. The summed E-state index contributed by atoms with van der Waals surface area (Å²) in [5.41, 5.74) is 1.34. The predicted molar refractivity (Wildman–Crippen MR) is 84.2 cm³/mol. The number of ether oxygens (including phenoxy) is 1. The molecule has 1 amide bonds. The Balaban J connectivity index is 1.95.